The van der Waals surface area contributed by atoms with Crippen molar-refractivity contribution in [1.82, 2.24) is 14.9 Å². The van der Waals surface area contributed by atoms with Crippen molar-refractivity contribution in [1.29, 1.82) is 0 Å². The van der Waals surface area contributed by atoms with Gasteiger partial charge in [0.1, 0.15) is 17.6 Å². The molecule has 0 bridgehead atoms. The van der Waals surface area contributed by atoms with Gasteiger partial charge in [-0.3, -0.25) is 4.79 Å². The number of H-pyrrole nitrogens is 1. The predicted octanol–water partition coefficient (Wildman–Crippen LogP) is 3.82. The molecule has 1 amide bonds. The smallest absolute Gasteiger partial charge is 0.270 e. The van der Waals surface area contributed by atoms with E-state index in [4.69, 9.17) is 4.74 Å². The first kappa shape index (κ1) is 17.3. The number of benzene rings is 1. The van der Waals surface area contributed by atoms with Gasteiger partial charge in [-0.2, -0.15) is 0 Å². The van der Waals surface area contributed by atoms with Crippen LogP contribution in [-0.4, -0.2) is 40.0 Å². The number of carbonyl (C=O) groups excluding carboxylic acids is 1. The summed E-state index contributed by atoms with van der Waals surface area (Å²) in [6.45, 7) is 3.08. The molecule has 1 N–H and O–H groups in total. The van der Waals surface area contributed by atoms with Crippen LogP contribution in [0.1, 0.15) is 22.6 Å². The number of amides is 1. The van der Waals surface area contributed by atoms with Gasteiger partial charge in [0, 0.05) is 30.9 Å². The van der Waals surface area contributed by atoms with Crippen molar-refractivity contribution in [2.45, 2.75) is 19.4 Å². The molecule has 0 saturated carbocycles. The van der Waals surface area contributed by atoms with Crippen LogP contribution in [0.3, 0.4) is 0 Å². The molecule has 0 aliphatic carbocycles. The number of halogens is 1. The molecule has 1 aliphatic heterocycles. The molecular weight excluding hydrogens is 345 g/mol. The van der Waals surface area contributed by atoms with Gasteiger partial charge in [-0.05, 0) is 42.3 Å². The summed E-state index contributed by atoms with van der Waals surface area (Å²) < 4.78 is 19.0. The number of hydrogen-bond donors (Lipinski definition) is 1. The van der Waals surface area contributed by atoms with Gasteiger partial charge in [-0.1, -0.05) is 18.2 Å². The molecule has 27 heavy (non-hydrogen) atoms. The van der Waals surface area contributed by atoms with Gasteiger partial charge in [0.15, 0.2) is 0 Å². The van der Waals surface area contributed by atoms with E-state index < -0.39 is 0 Å². The average molecular weight is 365 g/mol. The molecular formula is C21H20FN3O2. The molecule has 3 heterocycles. The fraction of sp³-hybridized carbons (Fsp3) is 0.238. The van der Waals surface area contributed by atoms with E-state index in [-0.39, 0.29) is 17.8 Å². The number of aromatic nitrogens is 2. The van der Waals surface area contributed by atoms with E-state index in [1.54, 1.807) is 29.3 Å². The lowest BCUT2D eigenvalue weighted by atomic mass is 10.1. The summed E-state index contributed by atoms with van der Waals surface area (Å²) in [4.78, 5) is 21.9. The number of likely N-dealkylation sites (tertiary alicyclic amines) is 1. The molecule has 1 aliphatic rings. The number of nitrogens with zero attached hydrogens (tertiary/aromatic N) is 2. The van der Waals surface area contributed by atoms with Gasteiger partial charge in [0.05, 0.1) is 6.54 Å². The average Bonchev–Trinajstić information content (AvgIpc) is 3.32. The van der Waals surface area contributed by atoms with Crippen LogP contribution in [0.5, 0.6) is 5.88 Å². The van der Waals surface area contributed by atoms with Gasteiger partial charge >= 0.3 is 0 Å². The Morgan fingerprint density at radius 3 is 2.81 bits per heavy atom. The molecule has 0 spiro atoms. The molecule has 4 rings (SSSR count). The number of hydrogen-bond acceptors (Lipinski definition) is 3. The Morgan fingerprint density at radius 1 is 1.22 bits per heavy atom. The monoisotopic (exact) mass is 365 g/mol. The molecule has 138 valence electrons. The van der Waals surface area contributed by atoms with Crippen molar-refractivity contribution in [2.24, 2.45) is 0 Å². The van der Waals surface area contributed by atoms with E-state index in [2.05, 4.69) is 9.97 Å². The summed E-state index contributed by atoms with van der Waals surface area (Å²) in [7, 11) is 0. The normalized spacial score (nSPS) is 16.5. The zero-order valence-electron chi connectivity index (χ0n) is 15.0. The van der Waals surface area contributed by atoms with Gasteiger partial charge in [-0.25, -0.2) is 9.37 Å². The van der Waals surface area contributed by atoms with Crippen LogP contribution in [0.4, 0.5) is 4.39 Å². The number of ether oxygens (including phenoxy) is 1. The van der Waals surface area contributed by atoms with Crippen molar-refractivity contribution in [3.05, 3.63) is 71.9 Å². The fourth-order valence-corrected chi connectivity index (χ4v) is 3.26. The standard InChI is InChI=1S/C21H20FN3O2/c1-14-3-2-4-20(24-14)27-18-9-10-25(13-18)21(26)19-11-16(12-23-19)15-5-7-17(22)8-6-15/h2-8,11-12,18,23H,9-10,13H2,1H3/t18-/m1/s1. The minimum atomic E-state index is -0.281. The first-order valence-corrected chi connectivity index (χ1v) is 8.92. The molecule has 1 aromatic carbocycles. The third-order valence-electron chi connectivity index (χ3n) is 4.67. The lowest BCUT2D eigenvalue weighted by Crippen LogP contribution is -2.31. The van der Waals surface area contributed by atoms with E-state index in [0.717, 1.165) is 23.2 Å². The Kier molecular flexibility index (Phi) is 4.62. The van der Waals surface area contributed by atoms with Crippen LogP contribution in [0, 0.1) is 12.7 Å². The Labute approximate surface area is 156 Å². The molecule has 3 aromatic rings. The summed E-state index contributed by atoms with van der Waals surface area (Å²) in [5.41, 5.74) is 3.14. The highest BCUT2D eigenvalue weighted by Crippen LogP contribution is 2.23. The zero-order valence-corrected chi connectivity index (χ0v) is 15.0. The maximum absolute atomic E-state index is 13.1. The predicted molar refractivity (Wildman–Crippen MR) is 100 cm³/mol. The van der Waals surface area contributed by atoms with Crippen molar-refractivity contribution >= 4 is 5.91 Å². The molecule has 5 nitrogen and oxygen atoms in total. The van der Waals surface area contributed by atoms with Crippen LogP contribution >= 0.6 is 0 Å². The lowest BCUT2D eigenvalue weighted by Gasteiger charge is -2.16. The minimum absolute atomic E-state index is 0.0604. The minimum Gasteiger partial charge on any atom is -0.472 e. The van der Waals surface area contributed by atoms with E-state index in [1.165, 1.54) is 12.1 Å². The lowest BCUT2D eigenvalue weighted by molar-refractivity contribution is 0.0766. The van der Waals surface area contributed by atoms with Crippen LogP contribution < -0.4 is 4.74 Å². The van der Waals surface area contributed by atoms with Crippen molar-refractivity contribution < 1.29 is 13.9 Å². The van der Waals surface area contributed by atoms with Crippen LogP contribution in [-0.2, 0) is 0 Å². The van der Waals surface area contributed by atoms with Crippen molar-refractivity contribution in [3.8, 4) is 17.0 Å². The third kappa shape index (κ3) is 3.84. The summed E-state index contributed by atoms with van der Waals surface area (Å²) in [6, 6.07) is 13.7. The first-order chi connectivity index (χ1) is 13.1. The van der Waals surface area contributed by atoms with Gasteiger partial charge in [-0.15, -0.1) is 0 Å². The van der Waals surface area contributed by atoms with E-state index in [9.17, 15) is 9.18 Å². The molecule has 2 aromatic heterocycles. The Balaban J connectivity index is 1.41. The summed E-state index contributed by atoms with van der Waals surface area (Å²) in [5, 5.41) is 0. The van der Waals surface area contributed by atoms with Crippen molar-refractivity contribution in [2.75, 3.05) is 13.1 Å². The topological polar surface area (TPSA) is 58.2 Å². The number of carbonyl (C=O) groups is 1. The SMILES string of the molecule is Cc1cccc(O[C@@H]2CCN(C(=O)c3cc(-c4ccc(F)cc4)c[nH]3)C2)n1. The number of aromatic amines is 1. The molecule has 1 fully saturated rings. The fourth-order valence-electron chi connectivity index (χ4n) is 3.26. The molecule has 0 radical (unpaired) electrons. The highest BCUT2D eigenvalue weighted by atomic mass is 19.1. The first-order valence-electron chi connectivity index (χ1n) is 8.92. The van der Waals surface area contributed by atoms with E-state index in [0.29, 0.717) is 24.7 Å². The summed E-state index contributed by atoms with van der Waals surface area (Å²) >= 11 is 0. The quantitative estimate of drug-likeness (QED) is 0.765. The molecule has 1 atom stereocenters. The second-order valence-corrected chi connectivity index (χ2v) is 6.71. The van der Waals surface area contributed by atoms with Crippen LogP contribution in [0.25, 0.3) is 11.1 Å². The van der Waals surface area contributed by atoms with Crippen molar-refractivity contribution in [3.63, 3.8) is 0 Å². The number of rotatable bonds is 4. The molecule has 6 heteroatoms. The van der Waals surface area contributed by atoms with Crippen LogP contribution in [0.15, 0.2) is 54.7 Å². The summed E-state index contributed by atoms with van der Waals surface area (Å²) in [6.07, 6.45) is 2.48. The second kappa shape index (κ2) is 7.23. The second-order valence-electron chi connectivity index (χ2n) is 6.71. The maximum Gasteiger partial charge on any atom is 0.270 e. The number of aryl methyl sites for hydroxylation is 1. The number of nitrogens with one attached hydrogen (secondary N) is 1. The van der Waals surface area contributed by atoms with Gasteiger partial charge < -0.3 is 14.6 Å². The van der Waals surface area contributed by atoms with E-state index in [1.807, 2.05) is 25.1 Å². The highest BCUT2D eigenvalue weighted by molar-refractivity contribution is 5.94. The summed E-state index contributed by atoms with van der Waals surface area (Å²) in [5.74, 6) is 0.247. The number of pyridine rings is 1. The van der Waals surface area contributed by atoms with Crippen LogP contribution in [0.2, 0.25) is 0 Å². The Bertz CT molecular complexity index is 952. The largest absolute Gasteiger partial charge is 0.472 e. The van der Waals surface area contributed by atoms with Gasteiger partial charge in [0.2, 0.25) is 5.88 Å². The molecule has 0 unspecified atom stereocenters. The Morgan fingerprint density at radius 2 is 2.04 bits per heavy atom. The van der Waals surface area contributed by atoms with Gasteiger partial charge in [0.25, 0.3) is 5.91 Å². The Hall–Kier alpha value is -3.15. The zero-order chi connectivity index (χ0) is 18.8. The third-order valence-corrected chi connectivity index (χ3v) is 4.67. The highest BCUT2D eigenvalue weighted by Gasteiger charge is 2.29. The molecule has 1 saturated heterocycles. The van der Waals surface area contributed by atoms with E-state index >= 15 is 0 Å². The maximum atomic E-state index is 13.1.